The van der Waals surface area contributed by atoms with Gasteiger partial charge in [-0.25, -0.2) is 4.39 Å². The van der Waals surface area contributed by atoms with Gasteiger partial charge in [-0.1, -0.05) is 28.1 Å². The number of carbonyl (C=O) groups excluding carboxylic acids is 1. The second-order valence-electron chi connectivity index (χ2n) is 4.05. The van der Waals surface area contributed by atoms with Crippen molar-refractivity contribution in [2.75, 3.05) is 17.7 Å². The minimum atomic E-state index is -0.452. The zero-order valence-corrected chi connectivity index (χ0v) is 11.8. The third-order valence-corrected chi connectivity index (χ3v) is 3.26. The first-order valence-corrected chi connectivity index (χ1v) is 6.37. The van der Waals surface area contributed by atoms with E-state index in [1.807, 2.05) is 0 Å². The molecule has 0 spiro atoms. The van der Waals surface area contributed by atoms with E-state index in [1.54, 1.807) is 36.4 Å². The molecule has 5 heteroatoms. The molecule has 0 aliphatic rings. The molecule has 0 unspecified atom stereocenters. The summed E-state index contributed by atoms with van der Waals surface area (Å²) in [5.74, 6) is -0.809. The van der Waals surface area contributed by atoms with E-state index in [1.165, 1.54) is 18.0 Å². The van der Waals surface area contributed by atoms with E-state index in [9.17, 15) is 9.18 Å². The molecular weight excluding hydrogens is 311 g/mol. The Balaban J connectivity index is 2.39. The van der Waals surface area contributed by atoms with Crippen molar-refractivity contribution >= 4 is 33.2 Å². The quantitative estimate of drug-likeness (QED) is 0.861. The van der Waals surface area contributed by atoms with Crippen molar-refractivity contribution in [3.63, 3.8) is 0 Å². The predicted octanol–water partition coefficient (Wildman–Crippen LogP) is 3.45. The van der Waals surface area contributed by atoms with Crippen LogP contribution >= 0.6 is 15.9 Å². The lowest BCUT2D eigenvalue weighted by molar-refractivity contribution is 0.0993. The number of anilines is 2. The maximum Gasteiger partial charge on any atom is 0.260 e. The number of nitrogens with zero attached hydrogens (tertiary/aromatic N) is 1. The van der Waals surface area contributed by atoms with Crippen molar-refractivity contribution in [2.45, 2.75) is 0 Å². The number of hydrogen-bond acceptors (Lipinski definition) is 2. The van der Waals surface area contributed by atoms with Crippen molar-refractivity contribution in [1.29, 1.82) is 0 Å². The molecule has 0 saturated carbocycles. The van der Waals surface area contributed by atoms with Gasteiger partial charge < -0.3 is 10.6 Å². The first kappa shape index (κ1) is 13.5. The molecule has 2 aromatic rings. The summed E-state index contributed by atoms with van der Waals surface area (Å²) in [7, 11) is 1.51. The molecule has 0 aromatic heterocycles. The Morgan fingerprint density at radius 1 is 1.26 bits per heavy atom. The van der Waals surface area contributed by atoms with Gasteiger partial charge in [0.25, 0.3) is 5.91 Å². The van der Waals surface area contributed by atoms with Crippen LogP contribution in [-0.4, -0.2) is 13.0 Å². The molecule has 2 aromatic carbocycles. The number of para-hydroxylation sites is 1. The van der Waals surface area contributed by atoms with E-state index >= 15 is 0 Å². The number of hydrogen-bond donors (Lipinski definition) is 1. The molecule has 19 heavy (non-hydrogen) atoms. The molecule has 1 amide bonds. The van der Waals surface area contributed by atoms with E-state index < -0.39 is 5.82 Å². The summed E-state index contributed by atoms with van der Waals surface area (Å²) in [6, 6.07) is 11.1. The number of benzene rings is 2. The highest BCUT2D eigenvalue weighted by molar-refractivity contribution is 9.10. The summed E-state index contributed by atoms with van der Waals surface area (Å²) in [4.78, 5) is 13.6. The molecule has 98 valence electrons. The maximum absolute atomic E-state index is 13.7. The lowest BCUT2D eigenvalue weighted by Gasteiger charge is -2.19. The number of carbonyl (C=O) groups is 1. The Labute approximate surface area is 119 Å². The molecule has 0 radical (unpaired) electrons. The van der Waals surface area contributed by atoms with Crippen LogP contribution in [0.3, 0.4) is 0 Å². The van der Waals surface area contributed by atoms with E-state index in [4.69, 9.17) is 5.73 Å². The van der Waals surface area contributed by atoms with Crippen molar-refractivity contribution in [2.24, 2.45) is 0 Å². The van der Waals surface area contributed by atoms with E-state index in [0.29, 0.717) is 11.3 Å². The van der Waals surface area contributed by atoms with Gasteiger partial charge in [-0.15, -0.1) is 0 Å². The molecule has 2 N–H and O–H groups in total. The summed E-state index contributed by atoms with van der Waals surface area (Å²) in [5, 5.41) is 0. The molecule has 0 aliphatic carbocycles. The largest absolute Gasteiger partial charge is 0.398 e. The average Bonchev–Trinajstić information content (AvgIpc) is 2.40. The van der Waals surface area contributed by atoms with E-state index in [2.05, 4.69) is 15.9 Å². The van der Waals surface area contributed by atoms with Crippen molar-refractivity contribution in [3.05, 3.63) is 58.3 Å². The van der Waals surface area contributed by atoms with E-state index in [-0.39, 0.29) is 11.6 Å². The lowest BCUT2D eigenvalue weighted by atomic mass is 10.1. The molecule has 2 rings (SSSR count). The molecule has 0 atom stereocenters. The zero-order chi connectivity index (χ0) is 14.0. The number of amides is 1. The lowest BCUT2D eigenvalue weighted by Crippen LogP contribution is -2.27. The maximum atomic E-state index is 13.7. The SMILES string of the molecule is CN(C(=O)c1cc(Br)ccc1N)c1ccccc1F. The molecule has 3 nitrogen and oxygen atoms in total. The van der Waals surface area contributed by atoms with Crippen LogP contribution in [0.1, 0.15) is 10.4 Å². The topological polar surface area (TPSA) is 46.3 Å². The Hall–Kier alpha value is -1.88. The van der Waals surface area contributed by atoms with Crippen molar-refractivity contribution in [3.8, 4) is 0 Å². The minimum Gasteiger partial charge on any atom is -0.398 e. The van der Waals surface area contributed by atoms with Crippen LogP contribution in [0.15, 0.2) is 46.9 Å². The first-order valence-electron chi connectivity index (χ1n) is 5.58. The molecular formula is C14H12BrFN2O. The Kier molecular flexibility index (Phi) is 3.85. The second kappa shape index (κ2) is 5.40. The molecule has 0 saturated heterocycles. The molecule has 0 fully saturated rings. The second-order valence-corrected chi connectivity index (χ2v) is 4.96. The highest BCUT2D eigenvalue weighted by Crippen LogP contribution is 2.23. The standard InChI is InChI=1S/C14H12BrFN2O/c1-18(13-5-3-2-4-11(13)16)14(19)10-8-9(15)6-7-12(10)17/h2-8H,17H2,1H3. The van der Waals surface area contributed by atoms with Crippen molar-refractivity contribution < 1.29 is 9.18 Å². The Morgan fingerprint density at radius 2 is 1.95 bits per heavy atom. The minimum absolute atomic E-state index is 0.215. The fraction of sp³-hybridized carbons (Fsp3) is 0.0714. The molecule has 0 bridgehead atoms. The fourth-order valence-corrected chi connectivity index (χ4v) is 2.09. The van der Waals surface area contributed by atoms with Gasteiger partial charge in [-0.3, -0.25) is 4.79 Å². The van der Waals surface area contributed by atoms with Crippen LogP contribution in [0.25, 0.3) is 0 Å². The van der Waals surface area contributed by atoms with Crippen LogP contribution in [0.2, 0.25) is 0 Å². The smallest absolute Gasteiger partial charge is 0.260 e. The number of rotatable bonds is 2. The average molecular weight is 323 g/mol. The summed E-state index contributed by atoms with van der Waals surface area (Å²) in [6.07, 6.45) is 0. The third kappa shape index (κ3) is 2.76. The van der Waals surface area contributed by atoms with Crippen LogP contribution < -0.4 is 10.6 Å². The summed E-state index contributed by atoms with van der Waals surface area (Å²) in [5.41, 5.74) is 6.69. The van der Waals surface area contributed by atoms with Gasteiger partial charge in [0.15, 0.2) is 0 Å². The van der Waals surface area contributed by atoms with Gasteiger partial charge in [-0.05, 0) is 30.3 Å². The van der Waals surface area contributed by atoms with Crippen LogP contribution in [-0.2, 0) is 0 Å². The van der Waals surface area contributed by atoms with Gasteiger partial charge >= 0.3 is 0 Å². The van der Waals surface area contributed by atoms with Crippen LogP contribution in [0.4, 0.5) is 15.8 Å². The number of nitrogen functional groups attached to an aromatic ring is 1. The third-order valence-electron chi connectivity index (χ3n) is 2.76. The molecule has 0 heterocycles. The van der Waals surface area contributed by atoms with Gasteiger partial charge in [0.1, 0.15) is 5.82 Å². The first-order chi connectivity index (χ1) is 9.00. The van der Waals surface area contributed by atoms with Gasteiger partial charge in [0.05, 0.1) is 11.3 Å². The van der Waals surface area contributed by atoms with Gasteiger partial charge in [0, 0.05) is 17.2 Å². The van der Waals surface area contributed by atoms with Gasteiger partial charge in [0.2, 0.25) is 0 Å². The van der Waals surface area contributed by atoms with Crippen LogP contribution in [0.5, 0.6) is 0 Å². The van der Waals surface area contributed by atoms with Crippen molar-refractivity contribution in [1.82, 2.24) is 0 Å². The van der Waals surface area contributed by atoms with Crippen LogP contribution in [0, 0.1) is 5.82 Å². The predicted molar refractivity (Wildman–Crippen MR) is 77.7 cm³/mol. The Bertz CT molecular complexity index is 631. The van der Waals surface area contributed by atoms with Gasteiger partial charge in [-0.2, -0.15) is 0 Å². The summed E-state index contributed by atoms with van der Waals surface area (Å²) >= 11 is 3.28. The Morgan fingerprint density at radius 3 is 2.63 bits per heavy atom. The monoisotopic (exact) mass is 322 g/mol. The molecule has 0 aliphatic heterocycles. The summed E-state index contributed by atoms with van der Waals surface area (Å²) < 4.78 is 14.4. The highest BCUT2D eigenvalue weighted by Gasteiger charge is 2.18. The zero-order valence-electron chi connectivity index (χ0n) is 10.2. The fourth-order valence-electron chi connectivity index (χ4n) is 1.73. The highest BCUT2D eigenvalue weighted by atomic mass is 79.9. The van der Waals surface area contributed by atoms with E-state index in [0.717, 1.165) is 4.47 Å². The summed E-state index contributed by atoms with van der Waals surface area (Å²) in [6.45, 7) is 0. The normalized spacial score (nSPS) is 10.3. The number of halogens is 2. The number of nitrogens with two attached hydrogens (primary N) is 1.